The highest BCUT2D eigenvalue weighted by Crippen LogP contribution is 2.48. The highest BCUT2D eigenvalue weighted by molar-refractivity contribution is 5.86. The topological polar surface area (TPSA) is 40.9 Å². The number of rotatable bonds is 3. The average molecular weight is 185 g/mol. The Morgan fingerprint density at radius 3 is 2.79 bits per heavy atom. The van der Waals surface area contributed by atoms with Crippen LogP contribution in [0.3, 0.4) is 0 Å². The molecular weight excluding hydrogens is 174 g/mol. The molecule has 2 nitrogen and oxygen atoms in total. The van der Waals surface area contributed by atoms with Crippen LogP contribution in [-0.4, -0.2) is 5.78 Å². The Balaban J connectivity index is 2.01. The normalized spacial score (nSPS) is 23.9. The minimum absolute atomic E-state index is 0.0635. The fraction of sp³-hybridized carbons (Fsp3) is 0.333. The molecule has 1 saturated carbocycles. The van der Waals surface area contributed by atoms with Crippen LogP contribution < -0.4 is 0 Å². The van der Waals surface area contributed by atoms with E-state index in [4.69, 9.17) is 5.26 Å². The van der Waals surface area contributed by atoms with Gasteiger partial charge in [0.15, 0.2) is 5.78 Å². The van der Waals surface area contributed by atoms with Gasteiger partial charge in [0.05, 0.1) is 12.5 Å². The molecule has 1 aromatic rings. The maximum absolute atomic E-state index is 11.4. The summed E-state index contributed by atoms with van der Waals surface area (Å²) in [5.41, 5.74) is 1.23. The van der Waals surface area contributed by atoms with Crippen molar-refractivity contribution in [3.05, 3.63) is 35.9 Å². The molecular formula is C12H11NO. The summed E-state index contributed by atoms with van der Waals surface area (Å²) in [5, 5.41) is 8.40. The monoisotopic (exact) mass is 185 g/mol. The molecule has 0 radical (unpaired) electrons. The number of carbonyl (C=O) groups is 1. The summed E-state index contributed by atoms with van der Waals surface area (Å²) in [7, 11) is 0. The third-order valence-electron chi connectivity index (χ3n) is 2.69. The zero-order valence-electron chi connectivity index (χ0n) is 7.81. The highest BCUT2D eigenvalue weighted by atomic mass is 16.1. The minimum atomic E-state index is 0.0635. The molecule has 70 valence electrons. The number of Topliss-reactive ketones (excluding diaryl/α,β-unsaturated/α-hetero) is 1. The summed E-state index contributed by atoms with van der Waals surface area (Å²) in [6.45, 7) is 0. The number of nitrogens with zero attached hydrogens (tertiary/aromatic N) is 1. The molecule has 0 unspecified atom stereocenters. The molecule has 0 spiro atoms. The van der Waals surface area contributed by atoms with Crippen LogP contribution in [0.2, 0.25) is 0 Å². The van der Waals surface area contributed by atoms with E-state index >= 15 is 0 Å². The van der Waals surface area contributed by atoms with Gasteiger partial charge in [0.1, 0.15) is 0 Å². The first-order valence-electron chi connectivity index (χ1n) is 4.77. The smallest absolute Gasteiger partial charge is 0.150 e. The van der Waals surface area contributed by atoms with Crippen molar-refractivity contribution in [2.75, 3.05) is 0 Å². The number of nitriles is 1. The van der Waals surface area contributed by atoms with Crippen LogP contribution in [0.25, 0.3) is 0 Å². The van der Waals surface area contributed by atoms with Crippen molar-refractivity contribution in [2.24, 2.45) is 5.92 Å². The molecule has 0 aliphatic heterocycles. The van der Waals surface area contributed by atoms with Gasteiger partial charge in [-0.25, -0.2) is 0 Å². The molecule has 2 heteroatoms. The van der Waals surface area contributed by atoms with Crippen molar-refractivity contribution >= 4 is 5.78 Å². The first kappa shape index (κ1) is 8.96. The molecule has 0 heterocycles. The number of hydrogen-bond donors (Lipinski definition) is 0. The lowest BCUT2D eigenvalue weighted by molar-refractivity contribution is -0.119. The number of hydrogen-bond acceptors (Lipinski definition) is 2. The lowest BCUT2D eigenvalue weighted by Gasteiger charge is -1.97. The summed E-state index contributed by atoms with van der Waals surface area (Å²) >= 11 is 0. The maximum Gasteiger partial charge on any atom is 0.150 e. The molecule has 2 rings (SSSR count). The van der Waals surface area contributed by atoms with E-state index in [1.54, 1.807) is 0 Å². The molecule has 1 fully saturated rings. The zero-order chi connectivity index (χ0) is 9.97. The molecule has 0 N–H and O–H groups in total. The van der Waals surface area contributed by atoms with Gasteiger partial charge in [0, 0.05) is 5.92 Å². The molecule has 1 aromatic carbocycles. The van der Waals surface area contributed by atoms with E-state index in [0.717, 1.165) is 6.42 Å². The zero-order valence-corrected chi connectivity index (χ0v) is 7.81. The first-order valence-corrected chi connectivity index (χ1v) is 4.77. The lowest BCUT2D eigenvalue weighted by atomic mass is 10.1. The van der Waals surface area contributed by atoms with Gasteiger partial charge in [0.25, 0.3) is 0 Å². The largest absolute Gasteiger partial charge is 0.298 e. The summed E-state index contributed by atoms with van der Waals surface area (Å²) in [4.78, 5) is 11.4. The van der Waals surface area contributed by atoms with E-state index < -0.39 is 0 Å². The molecule has 1 aliphatic carbocycles. The fourth-order valence-electron chi connectivity index (χ4n) is 1.83. The molecule has 0 bridgehead atoms. The van der Waals surface area contributed by atoms with Crippen molar-refractivity contribution in [1.29, 1.82) is 5.26 Å². The van der Waals surface area contributed by atoms with Gasteiger partial charge in [-0.1, -0.05) is 30.3 Å². The lowest BCUT2D eigenvalue weighted by Crippen LogP contribution is -2.00. The Labute approximate surface area is 83.2 Å². The number of benzene rings is 1. The minimum Gasteiger partial charge on any atom is -0.298 e. The fourth-order valence-corrected chi connectivity index (χ4v) is 1.83. The number of carbonyl (C=O) groups excluding carboxylic acids is 1. The average Bonchev–Trinajstić information content (AvgIpc) is 2.99. The summed E-state index contributed by atoms with van der Waals surface area (Å²) < 4.78 is 0. The van der Waals surface area contributed by atoms with Gasteiger partial charge >= 0.3 is 0 Å². The van der Waals surface area contributed by atoms with Crippen molar-refractivity contribution in [2.45, 2.75) is 18.8 Å². The second kappa shape index (κ2) is 3.63. The van der Waals surface area contributed by atoms with E-state index in [0.29, 0.717) is 5.92 Å². The van der Waals surface area contributed by atoms with E-state index in [1.807, 2.05) is 36.4 Å². The van der Waals surface area contributed by atoms with E-state index in [2.05, 4.69) is 0 Å². The Kier molecular flexibility index (Phi) is 2.32. The third-order valence-corrected chi connectivity index (χ3v) is 2.69. The predicted molar refractivity (Wildman–Crippen MR) is 52.5 cm³/mol. The molecule has 0 saturated heterocycles. The molecule has 14 heavy (non-hydrogen) atoms. The van der Waals surface area contributed by atoms with Gasteiger partial charge in [-0.2, -0.15) is 5.26 Å². The van der Waals surface area contributed by atoms with E-state index in [9.17, 15) is 4.79 Å². The van der Waals surface area contributed by atoms with Gasteiger partial charge in [-0.05, 0) is 17.9 Å². The first-order chi connectivity index (χ1) is 6.83. The molecule has 1 aliphatic rings. The summed E-state index contributed by atoms with van der Waals surface area (Å²) in [6.07, 6.45) is 0.985. The molecule has 2 atom stereocenters. The van der Waals surface area contributed by atoms with Crippen LogP contribution in [0.1, 0.15) is 24.3 Å². The van der Waals surface area contributed by atoms with Crippen LogP contribution in [0.15, 0.2) is 30.3 Å². The Morgan fingerprint density at radius 1 is 1.43 bits per heavy atom. The van der Waals surface area contributed by atoms with E-state index in [-0.39, 0.29) is 18.1 Å². The van der Waals surface area contributed by atoms with Crippen LogP contribution in [0, 0.1) is 17.2 Å². The molecule has 0 aromatic heterocycles. The summed E-state index contributed by atoms with van der Waals surface area (Å²) in [6, 6.07) is 11.9. The Morgan fingerprint density at radius 2 is 2.14 bits per heavy atom. The maximum atomic E-state index is 11.4. The predicted octanol–water partition coefficient (Wildman–Crippen LogP) is 2.27. The second-order valence-corrected chi connectivity index (χ2v) is 3.66. The third kappa shape index (κ3) is 1.67. The van der Waals surface area contributed by atoms with Crippen molar-refractivity contribution in [3.63, 3.8) is 0 Å². The van der Waals surface area contributed by atoms with Crippen molar-refractivity contribution in [1.82, 2.24) is 0 Å². The quantitative estimate of drug-likeness (QED) is 0.724. The van der Waals surface area contributed by atoms with Crippen molar-refractivity contribution in [3.8, 4) is 6.07 Å². The van der Waals surface area contributed by atoms with Crippen LogP contribution in [-0.2, 0) is 4.79 Å². The van der Waals surface area contributed by atoms with Crippen molar-refractivity contribution < 1.29 is 4.79 Å². The number of ketones is 1. The Hall–Kier alpha value is -1.62. The SMILES string of the molecule is N#CCC(=O)[C@H]1C[C@@H]1c1ccccc1. The van der Waals surface area contributed by atoms with Crippen LogP contribution in [0.4, 0.5) is 0 Å². The molecule has 0 amide bonds. The van der Waals surface area contributed by atoms with Gasteiger partial charge < -0.3 is 0 Å². The Bertz CT molecular complexity index is 377. The van der Waals surface area contributed by atoms with Gasteiger partial charge in [0.2, 0.25) is 0 Å². The standard InChI is InChI=1S/C12H11NO/c13-7-6-12(14)11-8-10(11)9-4-2-1-3-5-9/h1-5,10-11H,6,8H2/t10-,11+/m1/s1. The van der Waals surface area contributed by atoms with E-state index in [1.165, 1.54) is 5.56 Å². The second-order valence-electron chi connectivity index (χ2n) is 3.66. The van der Waals surface area contributed by atoms with Gasteiger partial charge in [-0.15, -0.1) is 0 Å². The van der Waals surface area contributed by atoms with Crippen LogP contribution >= 0.6 is 0 Å². The van der Waals surface area contributed by atoms with Crippen LogP contribution in [0.5, 0.6) is 0 Å². The highest BCUT2D eigenvalue weighted by Gasteiger charge is 2.42. The van der Waals surface area contributed by atoms with Gasteiger partial charge in [-0.3, -0.25) is 4.79 Å². The summed E-state index contributed by atoms with van der Waals surface area (Å²) in [5.74, 6) is 0.579.